The Morgan fingerprint density at radius 3 is 2.00 bits per heavy atom. The monoisotopic (exact) mass is 212 g/mol. The molecule has 0 fully saturated rings. The summed E-state index contributed by atoms with van der Waals surface area (Å²) in [5.74, 6) is -2.54. The van der Waals surface area contributed by atoms with Gasteiger partial charge in [-0.2, -0.15) is 0 Å². The minimum atomic E-state index is -1.26. The van der Waals surface area contributed by atoms with Crippen LogP contribution >= 0.6 is 0 Å². The zero-order valence-electron chi connectivity index (χ0n) is 7.53. The number of carboxylic acids is 2. The fourth-order valence-corrected chi connectivity index (χ4v) is 0.478. The van der Waals surface area contributed by atoms with Crippen LogP contribution in [0.1, 0.15) is 0 Å². The smallest absolute Gasteiger partial charge is 0.328 e. The van der Waals surface area contributed by atoms with Crippen molar-refractivity contribution in [2.45, 2.75) is 0 Å². The Labute approximate surface area is 84.5 Å². The summed E-state index contributed by atoms with van der Waals surface area (Å²) >= 11 is 0. The summed E-state index contributed by atoms with van der Waals surface area (Å²) in [6.45, 7) is 0.267. The van der Waals surface area contributed by atoms with Gasteiger partial charge in [-0.3, -0.25) is 9.79 Å². The second kappa shape index (κ2) is 7.13. The molecule has 0 aromatic heterocycles. The van der Waals surface area contributed by atoms with Crippen LogP contribution in [0.4, 0.5) is 0 Å². The molecular formula is C8H8N2O5. The number of Topliss-reactive ketones (excluding diaryl/α,β-unsaturated/α-hetero) is 1. The van der Waals surface area contributed by atoms with Crippen molar-refractivity contribution in [1.29, 1.82) is 0 Å². The maximum atomic E-state index is 10.2. The molecule has 15 heavy (non-hydrogen) atoms. The average molecular weight is 212 g/mol. The van der Waals surface area contributed by atoms with E-state index in [1.54, 1.807) is 0 Å². The van der Waals surface area contributed by atoms with Gasteiger partial charge in [-0.15, -0.1) is 0 Å². The third-order valence-corrected chi connectivity index (χ3v) is 0.982. The highest BCUT2D eigenvalue weighted by molar-refractivity contribution is 6.30. The van der Waals surface area contributed by atoms with E-state index in [-0.39, 0.29) is 12.3 Å². The molecule has 0 saturated heterocycles. The van der Waals surface area contributed by atoms with Crippen molar-refractivity contribution in [3.8, 4) is 0 Å². The summed E-state index contributed by atoms with van der Waals surface area (Å²) in [6, 6.07) is 0. The lowest BCUT2D eigenvalue weighted by molar-refractivity contribution is -0.134. The zero-order chi connectivity index (χ0) is 11.7. The first-order valence-corrected chi connectivity index (χ1v) is 3.70. The Hall–Kier alpha value is -2.31. The summed E-state index contributed by atoms with van der Waals surface area (Å²) in [4.78, 5) is 36.4. The van der Waals surface area contributed by atoms with E-state index >= 15 is 0 Å². The lowest BCUT2D eigenvalue weighted by Gasteiger charge is -1.88. The van der Waals surface area contributed by atoms with E-state index in [1.165, 1.54) is 12.6 Å². The number of aliphatic carboxylic acids is 2. The van der Waals surface area contributed by atoms with Gasteiger partial charge in [0.15, 0.2) is 5.78 Å². The third kappa shape index (κ3) is 9.61. The molecule has 0 unspecified atom stereocenters. The lowest BCUT2D eigenvalue weighted by atomic mass is 10.4. The minimum absolute atomic E-state index is 0.0255. The van der Waals surface area contributed by atoms with Crippen LogP contribution in [0.2, 0.25) is 0 Å². The molecule has 1 rings (SSSR count). The van der Waals surface area contributed by atoms with Gasteiger partial charge in [-0.1, -0.05) is 0 Å². The molecule has 0 spiro atoms. The van der Waals surface area contributed by atoms with Crippen LogP contribution in [0.3, 0.4) is 0 Å². The van der Waals surface area contributed by atoms with Crippen LogP contribution in [0, 0.1) is 0 Å². The van der Waals surface area contributed by atoms with Gasteiger partial charge in [-0.25, -0.2) is 14.6 Å². The molecule has 1 aliphatic rings. The molecule has 80 valence electrons. The number of nitrogens with zero attached hydrogens (tertiary/aromatic N) is 2. The molecule has 0 aromatic rings. The highest BCUT2D eigenvalue weighted by Crippen LogP contribution is 1.76. The Balaban J connectivity index is 0.000000262. The van der Waals surface area contributed by atoms with Gasteiger partial charge < -0.3 is 10.2 Å². The van der Waals surface area contributed by atoms with Crippen molar-refractivity contribution in [3.63, 3.8) is 0 Å². The van der Waals surface area contributed by atoms with Crippen LogP contribution in [0.5, 0.6) is 0 Å². The summed E-state index contributed by atoms with van der Waals surface area (Å²) in [7, 11) is 0. The number of carboxylic acid groups (broad SMARTS) is 2. The first kappa shape index (κ1) is 12.7. The number of carbonyl (C=O) groups is 3. The maximum absolute atomic E-state index is 10.2. The SMILES string of the molecule is O=C(O)/C=C/C(=O)O.O=C1C=NC=NC1. The Morgan fingerprint density at radius 1 is 1.27 bits per heavy atom. The predicted molar refractivity (Wildman–Crippen MR) is 51.3 cm³/mol. The van der Waals surface area contributed by atoms with Gasteiger partial charge >= 0.3 is 11.9 Å². The van der Waals surface area contributed by atoms with E-state index in [1.807, 2.05) is 0 Å². The molecule has 0 amide bonds. The van der Waals surface area contributed by atoms with Gasteiger partial charge in [0.05, 0.1) is 6.21 Å². The molecule has 0 saturated carbocycles. The molecule has 7 heteroatoms. The minimum Gasteiger partial charge on any atom is -0.478 e. The fraction of sp³-hybridized carbons (Fsp3) is 0.125. The Morgan fingerprint density at radius 2 is 1.80 bits per heavy atom. The van der Waals surface area contributed by atoms with Crippen molar-refractivity contribution in [2.24, 2.45) is 9.98 Å². The summed E-state index contributed by atoms with van der Waals surface area (Å²) in [6.07, 6.45) is 3.76. The van der Waals surface area contributed by atoms with Crippen molar-refractivity contribution in [3.05, 3.63) is 12.2 Å². The molecule has 0 aromatic carbocycles. The van der Waals surface area contributed by atoms with Crippen molar-refractivity contribution in [1.82, 2.24) is 0 Å². The summed E-state index contributed by atoms with van der Waals surface area (Å²) < 4.78 is 0. The van der Waals surface area contributed by atoms with E-state index in [0.29, 0.717) is 12.2 Å². The molecule has 0 radical (unpaired) electrons. The van der Waals surface area contributed by atoms with Crippen molar-refractivity contribution < 1.29 is 24.6 Å². The molecule has 7 nitrogen and oxygen atoms in total. The first-order valence-electron chi connectivity index (χ1n) is 3.70. The van der Waals surface area contributed by atoms with E-state index in [9.17, 15) is 14.4 Å². The van der Waals surface area contributed by atoms with E-state index < -0.39 is 11.9 Å². The van der Waals surface area contributed by atoms with E-state index in [0.717, 1.165) is 0 Å². The van der Waals surface area contributed by atoms with Crippen molar-refractivity contribution >= 4 is 30.3 Å². The Bertz CT molecular complexity index is 327. The third-order valence-electron chi connectivity index (χ3n) is 0.982. The summed E-state index contributed by atoms with van der Waals surface area (Å²) in [5.41, 5.74) is 0. The molecular weight excluding hydrogens is 204 g/mol. The Kier molecular flexibility index (Phi) is 6.03. The fourth-order valence-electron chi connectivity index (χ4n) is 0.478. The number of hydrogen-bond acceptors (Lipinski definition) is 5. The number of hydrogen-bond donors (Lipinski definition) is 2. The lowest BCUT2D eigenvalue weighted by Crippen LogP contribution is -2.06. The van der Waals surface area contributed by atoms with Gasteiger partial charge in [0, 0.05) is 12.2 Å². The van der Waals surface area contributed by atoms with Crippen LogP contribution < -0.4 is 0 Å². The van der Waals surface area contributed by atoms with Crippen molar-refractivity contribution in [2.75, 3.05) is 6.54 Å². The standard InChI is InChI=1S/C4H4N2O.C4H4O4/c7-4-1-5-3-6-2-4;5-3(6)1-2-4(7)8/h1,3H,2H2;1-2H,(H,5,6)(H,7,8)/b;2-1+. The molecule has 1 heterocycles. The van der Waals surface area contributed by atoms with Crippen LogP contribution in [0.15, 0.2) is 22.1 Å². The average Bonchev–Trinajstić information content (AvgIpc) is 2.17. The normalized spacial score (nSPS) is 13.5. The molecule has 0 bridgehead atoms. The maximum Gasteiger partial charge on any atom is 0.328 e. The van der Waals surface area contributed by atoms with E-state index in [2.05, 4.69) is 9.98 Å². The predicted octanol–water partition coefficient (Wildman–Crippen LogP) is -0.620. The zero-order valence-corrected chi connectivity index (χ0v) is 7.53. The number of carbonyl (C=O) groups excluding carboxylic acids is 1. The molecule has 0 atom stereocenters. The highest BCUT2D eigenvalue weighted by atomic mass is 16.4. The quantitative estimate of drug-likeness (QED) is 0.591. The van der Waals surface area contributed by atoms with Gasteiger partial charge in [-0.05, 0) is 0 Å². The van der Waals surface area contributed by atoms with Crippen LogP contribution in [-0.4, -0.2) is 47.0 Å². The molecule has 2 N–H and O–H groups in total. The number of aliphatic imine (C=N–C) groups is 2. The van der Waals surface area contributed by atoms with E-state index in [4.69, 9.17) is 10.2 Å². The topological polar surface area (TPSA) is 116 Å². The van der Waals surface area contributed by atoms with Gasteiger partial charge in [0.2, 0.25) is 0 Å². The van der Waals surface area contributed by atoms with Crippen LogP contribution in [-0.2, 0) is 14.4 Å². The highest BCUT2D eigenvalue weighted by Gasteiger charge is 1.94. The second-order valence-corrected chi connectivity index (χ2v) is 2.21. The number of rotatable bonds is 2. The molecule has 1 aliphatic heterocycles. The van der Waals surface area contributed by atoms with Gasteiger partial charge in [0.25, 0.3) is 0 Å². The largest absolute Gasteiger partial charge is 0.478 e. The van der Waals surface area contributed by atoms with Gasteiger partial charge in [0.1, 0.15) is 12.9 Å². The summed E-state index contributed by atoms with van der Waals surface area (Å²) in [5, 5.41) is 15.6. The second-order valence-electron chi connectivity index (χ2n) is 2.21. The molecule has 0 aliphatic carbocycles. The first-order chi connectivity index (χ1) is 7.02. The number of ketones is 1. The van der Waals surface area contributed by atoms with Crippen LogP contribution in [0.25, 0.3) is 0 Å².